The largest absolute Gasteiger partial charge is 0.354 e. The molecule has 0 aromatic heterocycles. The van der Waals surface area contributed by atoms with E-state index in [0.29, 0.717) is 27.8 Å². The predicted octanol–water partition coefficient (Wildman–Crippen LogP) is 5.93. The van der Waals surface area contributed by atoms with E-state index in [4.69, 9.17) is 23.2 Å². The summed E-state index contributed by atoms with van der Waals surface area (Å²) in [4.78, 5) is 29.1. The number of rotatable bonds is 12. The molecule has 0 fully saturated rings. The first-order chi connectivity index (χ1) is 18.8. The number of carbonyl (C=O) groups is 2. The summed E-state index contributed by atoms with van der Waals surface area (Å²) >= 11 is 15.7. The second kappa shape index (κ2) is 14.3. The first kappa shape index (κ1) is 31.9. The van der Waals surface area contributed by atoms with Gasteiger partial charge >= 0.3 is 0 Å². The maximum atomic E-state index is 14.0. The number of hydrogen-bond acceptors (Lipinski definition) is 4. The van der Waals surface area contributed by atoms with E-state index in [0.717, 1.165) is 20.6 Å². The Morgan fingerprint density at radius 1 is 0.925 bits per heavy atom. The third-order valence-electron chi connectivity index (χ3n) is 6.09. The van der Waals surface area contributed by atoms with E-state index < -0.39 is 28.5 Å². The van der Waals surface area contributed by atoms with Crippen LogP contribution in [0, 0.1) is 5.92 Å². The van der Waals surface area contributed by atoms with Gasteiger partial charge in [0.25, 0.3) is 0 Å². The number of halogens is 3. The number of sulfonamides is 1. The van der Waals surface area contributed by atoms with Crippen molar-refractivity contribution in [1.82, 2.24) is 10.2 Å². The number of carbonyl (C=O) groups excluding carboxylic acids is 2. The minimum Gasteiger partial charge on any atom is -0.354 e. The number of hydrogen-bond donors (Lipinski definition) is 1. The zero-order valence-corrected chi connectivity index (χ0v) is 26.4. The number of amides is 2. The van der Waals surface area contributed by atoms with Gasteiger partial charge in [0.15, 0.2) is 0 Å². The van der Waals surface area contributed by atoms with Crippen LogP contribution >= 0.6 is 39.1 Å². The van der Waals surface area contributed by atoms with E-state index in [1.54, 1.807) is 42.5 Å². The number of nitrogens with zero attached hydrogens (tertiary/aromatic N) is 2. The van der Waals surface area contributed by atoms with Crippen LogP contribution in [-0.4, -0.2) is 50.5 Å². The molecule has 3 aromatic rings. The molecule has 0 saturated carbocycles. The fourth-order valence-electron chi connectivity index (χ4n) is 4.03. The smallest absolute Gasteiger partial charge is 0.244 e. The molecule has 1 atom stereocenters. The normalized spacial score (nSPS) is 12.2. The van der Waals surface area contributed by atoms with Crippen LogP contribution in [0.4, 0.5) is 5.69 Å². The van der Waals surface area contributed by atoms with Crippen LogP contribution in [0.5, 0.6) is 0 Å². The average molecular weight is 669 g/mol. The summed E-state index contributed by atoms with van der Waals surface area (Å²) in [5.41, 5.74) is 1.83. The molecule has 3 rings (SSSR count). The highest BCUT2D eigenvalue weighted by molar-refractivity contribution is 9.10. The van der Waals surface area contributed by atoms with E-state index in [1.165, 1.54) is 4.90 Å². The van der Waals surface area contributed by atoms with Gasteiger partial charge in [0.2, 0.25) is 21.8 Å². The van der Waals surface area contributed by atoms with E-state index >= 15 is 0 Å². The Hall–Kier alpha value is -2.59. The van der Waals surface area contributed by atoms with Gasteiger partial charge in [-0.3, -0.25) is 13.9 Å². The van der Waals surface area contributed by atoms with Gasteiger partial charge in [0, 0.05) is 24.0 Å². The van der Waals surface area contributed by atoms with Crippen molar-refractivity contribution in [2.75, 3.05) is 23.7 Å². The second-order valence-corrected chi connectivity index (χ2v) is 13.5. The van der Waals surface area contributed by atoms with E-state index in [2.05, 4.69) is 21.2 Å². The van der Waals surface area contributed by atoms with Crippen molar-refractivity contribution in [2.45, 2.75) is 32.9 Å². The van der Waals surface area contributed by atoms with Gasteiger partial charge in [0.05, 0.1) is 22.0 Å². The summed E-state index contributed by atoms with van der Waals surface area (Å²) < 4.78 is 27.4. The molecule has 3 aromatic carbocycles. The molecule has 0 unspecified atom stereocenters. The predicted molar refractivity (Wildman–Crippen MR) is 165 cm³/mol. The highest BCUT2D eigenvalue weighted by Crippen LogP contribution is 2.25. The molecule has 2 amide bonds. The van der Waals surface area contributed by atoms with E-state index in [1.807, 2.05) is 44.2 Å². The van der Waals surface area contributed by atoms with Crippen LogP contribution in [0.2, 0.25) is 10.0 Å². The Bertz CT molecular complexity index is 1420. The van der Waals surface area contributed by atoms with Crippen LogP contribution in [-0.2, 0) is 32.6 Å². The van der Waals surface area contributed by atoms with Gasteiger partial charge in [0.1, 0.15) is 12.6 Å². The van der Waals surface area contributed by atoms with Gasteiger partial charge in [-0.15, -0.1) is 0 Å². The lowest BCUT2D eigenvalue weighted by molar-refractivity contribution is -0.140. The minimum atomic E-state index is -3.84. The molecule has 0 radical (unpaired) electrons. The lowest BCUT2D eigenvalue weighted by Gasteiger charge is -2.33. The Labute approximate surface area is 254 Å². The first-order valence-electron chi connectivity index (χ1n) is 12.6. The molecule has 0 saturated heterocycles. The molecule has 0 heterocycles. The lowest BCUT2D eigenvalue weighted by atomic mass is 10.0. The van der Waals surface area contributed by atoms with Crippen molar-refractivity contribution < 1.29 is 18.0 Å². The highest BCUT2D eigenvalue weighted by atomic mass is 79.9. The van der Waals surface area contributed by atoms with Crippen molar-refractivity contribution in [3.8, 4) is 0 Å². The van der Waals surface area contributed by atoms with Crippen molar-refractivity contribution in [3.63, 3.8) is 0 Å². The van der Waals surface area contributed by atoms with E-state index in [9.17, 15) is 18.0 Å². The molecule has 1 N–H and O–H groups in total. The Morgan fingerprint density at radius 3 is 2.15 bits per heavy atom. The Morgan fingerprint density at radius 2 is 1.57 bits per heavy atom. The molecule has 0 aliphatic carbocycles. The summed E-state index contributed by atoms with van der Waals surface area (Å²) in [6, 6.07) is 20.0. The molecule has 214 valence electrons. The minimum absolute atomic E-state index is 0.0141. The van der Waals surface area contributed by atoms with Gasteiger partial charge in [-0.2, -0.15) is 0 Å². The zero-order chi connectivity index (χ0) is 29.4. The molecule has 11 heteroatoms. The zero-order valence-electron chi connectivity index (χ0n) is 22.5. The standard InChI is InChI=1S/C29H32BrCl2N3O4S/c1-20(2)17-33-29(37)27(16-21-7-5-4-6-8-21)34(18-22-9-14-25(31)26(32)15-22)28(36)19-35(40(3,38)39)24-12-10-23(30)11-13-24/h4-15,20,27H,16-19H2,1-3H3,(H,33,37)/t27-/m0/s1. The quantitative estimate of drug-likeness (QED) is 0.259. The van der Waals surface area contributed by atoms with Crippen molar-refractivity contribution in [3.05, 3.63) is 98.4 Å². The fourth-order valence-corrected chi connectivity index (χ4v) is 5.47. The molecular formula is C29H32BrCl2N3O4S. The summed E-state index contributed by atoms with van der Waals surface area (Å²) in [5, 5.41) is 3.62. The van der Waals surface area contributed by atoms with Crippen LogP contribution in [0.1, 0.15) is 25.0 Å². The second-order valence-electron chi connectivity index (χ2n) is 9.86. The summed E-state index contributed by atoms with van der Waals surface area (Å²) in [6.07, 6.45) is 1.28. The van der Waals surface area contributed by atoms with Gasteiger partial charge < -0.3 is 10.2 Å². The molecule has 7 nitrogen and oxygen atoms in total. The Balaban J connectivity index is 2.06. The first-order valence-corrected chi connectivity index (χ1v) is 16.0. The number of nitrogens with one attached hydrogen (secondary N) is 1. The summed E-state index contributed by atoms with van der Waals surface area (Å²) in [5.74, 6) is -0.681. The van der Waals surface area contributed by atoms with Crippen molar-refractivity contribution in [1.29, 1.82) is 0 Å². The summed E-state index contributed by atoms with van der Waals surface area (Å²) in [6.45, 7) is 3.90. The van der Waals surface area contributed by atoms with E-state index in [-0.39, 0.29) is 24.8 Å². The van der Waals surface area contributed by atoms with Crippen molar-refractivity contribution in [2.24, 2.45) is 5.92 Å². The highest BCUT2D eigenvalue weighted by Gasteiger charge is 2.33. The molecule has 0 aliphatic heterocycles. The van der Waals surface area contributed by atoms with Gasteiger partial charge in [-0.25, -0.2) is 8.42 Å². The van der Waals surface area contributed by atoms with Gasteiger partial charge in [-0.05, 0) is 53.4 Å². The topological polar surface area (TPSA) is 86.8 Å². The van der Waals surface area contributed by atoms with Crippen LogP contribution < -0.4 is 9.62 Å². The monoisotopic (exact) mass is 667 g/mol. The number of anilines is 1. The summed E-state index contributed by atoms with van der Waals surface area (Å²) in [7, 11) is -3.84. The third-order valence-corrected chi connectivity index (χ3v) is 8.49. The molecule has 0 spiro atoms. The third kappa shape index (κ3) is 9.23. The lowest BCUT2D eigenvalue weighted by Crippen LogP contribution is -2.53. The number of benzene rings is 3. The van der Waals surface area contributed by atoms with Crippen LogP contribution in [0.15, 0.2) is 77.3 Å². The molecule has 40 heavy (non-hydrogen) atoms. The van der Waals surface area contributed by atoms with Crippen LogP contribution in [0.3, 0.4) is 0 Å². The Kier molecular flexibility index (Phi) is 11.5. The SMILES string of the molecule is CC(C)CNC(=O)[C@H](Cc1ccccc1)N(Cc1ccc(Cl)c(Cl)c1)C(=O)CN(c1ccc(Br)cc1)S(C)(=O)=O. The fraction of sp³-hybridized carbons (Fsp3) is 0.310. The molecule has 0 bridgehead atoms. The maximum Gasteiger partial charge on any atom is 0.244 e. The molecular weight excluding hydrogens is 637 g/mol. The van der Waals surface area contributed by atoms with Crippen LogP contribution in [0.25, 0.3) is 0 Å². The van der Waals surface area contributed by atoms with Gasteiger partial charge in [-0.1, -0.05) is 89.4 Å². The maximum absolute atomic E-state index is 14.0. The molecule has 0 aliphatic rings. The van der Waals surface area contributed by atoms with Crippen molar-refractivity contribution >= 4 is 66.7 Å². The average Bonchev–Trinajstić information content (AvgIpc) is 2.90.